The lowest BCUT2D eigenvalue weighted by atomic mass is 10.2. The van der Waals surface area contributed by atoms with Gasteiger partial charge in [0.1, 0.15) is 5.40 Å². The van der Waals surface area contributed by atoms with Gasteiger partial charge < -0.3 is 5.11 Å². The molecular weight excluding hydrogens is 245 g/mol. The summed E-state index contributed by atoms with van der Waals surface area (Å²) in [4.78, 5) is 11.0. The molecule has 0 radical (unpaired) electrons. The lowest BCUT2D eigenvalue weighted by Gasteiger charge is -2.03. The smallest absolute Gasteiger partial charge is 0.335 e. The topological polar surface area (TPSA) is 61.1 Å². The van der Waals surface area contributed by atoms with Crippen molar-refractivity contribution in [2.45, 2.75) is 4.90 Å². The van der Waals surface area contributed by atoms with E-state index in [4.69, 9.17) is 33.6 Å². The third-order valence-corrected chi connectivity index (χ3v) is 2.95. The molecule has 1 aromatic rings. The molecule has 0 aliphatic rings. The van der Waals surface area contributed by atoms with Gasteiger partial charge in [0.15, 0.2) is 0 Å². The number of hydrogen-bond acceptors (Lipinski definition) is 3. The van der Waals surface area contributed by atoms with Crippen molar-refractivity contribution >= 4 is 40.9 Å². The van der Waals surface area contributed by atoms with Gasteiger partial charge in [0.25, 0.3) is 0 Å². The minimum atomic E-state index is -1.11. The predicted octanol–water partition coefficient (Wildman–Crippen LogP) is 3.26. The van der Waals surface area contributed by atoms with Gasteiger partial charge in [-0.2, -0.15) is 5.26 Å². The van der Waals surface area contributed by atoms with E-state index in [9.17, 15) is 4.79 Å². The number of carboxylic acid groups (broad SMARTS) is 1. The average molecular weight is 248 g/mol. The summed E-state index contributed by atoms with van der Waals surface area (Å²) >= 11 is 12.3. The molecule has 0 spiro atoms. The fourth-order valence-corrected chi connectivity index (χ4v) is 1.95. The Balaban J connectivity index is 3.26. The van der Waals surface area contributed by atoms with Crippen molar-refractivity contribution in [3.63, 3.8) is 0 Å². The van der Waals surface area contributed by atoms with Crippen LogP contribution in [0.3, 0.4) is 0 Å². The van der Waals surface area contributed by atoms with Crippen LogP contribution in [0.1, 0.15) is 10.4 Å². The molecule has 1 N–H and O–H groups in total. The van der Waals surface area contributed by atoms with Crippen LogP contribution in [0, 0.1) is 10.7 Å². The standard InChI is InChI=1S/C8H3Cl2NO2S/c9-5-1-4(8(12)13)2-6(10)7(5)14-3-11/h1-2H,(H,12,13). The van der Waals surface area contributed by atoms with Gasteiger partial charge in [0, 0.05) is 0 Å². The second-order valence-corrected chi connectivity index (χ2v) is 3.88. The van der Waals surface area contributed by atoms with E-state index in [1.807, 2.05) is 5.40 Å². The monoisotopic (exact) mass is 247 g/mol. The third-order valence-electron chi connectivity index (χ3n) is 1.39. The van der Waals surface area contributed by atoms with Crippen molar-refractivity contribution in [1.82, 2.24) is 0 Å². The first-order chi connectivity index (χ1) is 6.56. The molecule has 0 heterocycles. The summed E-state index contributed by atoms with van der Waals surface area (Å²) in [6.45, 7) is 0. The maximum atomic E-state index is 10.6. The SMILES string of the molecule is N#CSc1c(Cl)cc(C(=O)O)cc1Cl. The van der Waals surface area contributed by atoms with Crippen LogP contribution in [0.15, 0.2) is 17.0 Å². The van der Waals surface area contributed by atoms with Gasteiger partial charge in [-0.1, -0.05) is 23.2 Å². The minimum absolute atomic E-state index is 0.00212. The Labute approximate surface area is 94.2 Å². The number of thioether (sulfide) groups is 1. The first-order valence-corrected chi connectivity index (χ1v) is 4.91. The van der Waals surface area contributed by atoms with Crippen molar-refractivity contribution in [2.75, 3.05) is 0 Å². The fraction of sp³-hybridized carbons (Fsp3) is 0. The van der Waals surface area contributed by atoms with E-state index in [0.29, 0.717) is 4.90 Å². The van der Waals surface area contributed by atoms with Gasteiger partial charge >= 0.3 is 5.97 Å². The van der Waals surface area contributed by atoms with Crippen LogP contribution in [0.2, 0.25) is 10.0 Å². The number of benzene rings is 1. The lowest BCUT2D eigenvalue weighted by molar-refractivity contribution is 0.0697. The first kappa shape index (κ1) is 11.2. The summed E-state index contributed by atoms with van der Waals surface area (Å²) in [5, 5.41) is 19.2. The molecule has 0 atom stereocenters. The van der Waals surface area contributed by atoms with E-state index >= 15 is 0 Å². The van der Waals surface area contributed by atoms with E-state index < -0.39 is 5.97 Å². The molecule has 1 aromatic carbocycles. The molecule has 0 aliphatic carbocycles. The van der Waals surface area contributed by atoms with Crippen molar-refractivity contribution < 1.29 is 9.90 Å². The van der Waals surface area contributed by atoms with Crippen LogP contribution < -0.4 is 0 Å². The number of rotatable bonds is 2. The highest BCUT2D eigenvalue weighted by Gasteiger charge is 2.12. The van der Waals surface area contributed by atoms with E-state index in [1.165, 1.54) is 12.1 Å². The van der Waals surface area contributed by atoms with Crippen LogP contribution in [-0.2, 0) is 0 Å². The molecule has 0 fully saturated rings. The highest BCUT2D eigenvalue weighted by Crippen LogP contribution is 2.34. The Morgan fingerprint density at radius 3 is 2.29 bits per heavy atom. The molecule has 0 aromatic heterocycles. The summed E-state index contributed by atoms with van der Waals surface area (Å²) < 4.78 is 0. The predicted molar refractivity (Wildman–Crippen MR) is 54.9 cm³/mol. The Hall–Kier alpha value is -0.890. The molecule has 0 saturated heterocycles. The van der Waals surface area contributed by atoms with Gasteiger partial charge in [0.05, 0.1) is 20.5 Å². The number of aromatic carboxylic acids is 1. The van der Waals surface area contributed by atoms with Gasteiger partial charge in [0.2, 0.25) is 0 Å². The zero-order valence-corrected chi connectivity index (χ0v) is 8.95. The van der Waals surface area contributed by atoms with Gasteiger partial charge in [-0.3, -0.25) is 0 Å². The normalized spacial score (nSPS) is 9.50. The fourth-order valence-electron chi connectivity index (χ4n) is 0.827. The number of carboxylic acids is 1. The number of halogens is 2. The highest BCUT2D eigenvalue weighted by atomic mass is 35.5. The number of carbonyl (C=O) groups is 1. The van der Waals surface area contributed by atoms with Crippen LogP contribution >= 0.6 is 35.0 Å². The zero-order chi connectivity index (χ0) is 10.7. The molecule has 0 bridgehead atoms. The quantitative estimate of drug-likeness (QED) is 0.644. The van der Waals surface area contributed by atoms with Gasteiger partial charge in [-0.05, 0) is 23.9 Å². The molecule has 0 unspecified atom stereocenters. The molecule has 14 heavy (non-hydrogen) atoms. The Kier molecular flexibility index (Phi) is 3.64. The van der Waals surface area contributed by atoms with Crippen molar-refractivity contribution in [3.05, 3.63) is 27.7 Å². The summed E-state index contributed by atoms with van der Waals surface area (Å²) in [6.07, 6.45) is 0. The van der Waals surface area contributed by atoms with Crippen molar-refractivity contribution in [3.8, 4) is 5.40 Å². The largest absolute Gasteiger partial charge is 0.478 e. The number of nitrogens with zero attached hydrogens (tertiary/aromatic N) is 1. The number of hydrogen-bond donors (Lipinski definition) is 1. The summed E-state index contributed by atoms with van der Waals surface area (Å²) in [7, 11) is 0. The van der Waals surface area contributed by atoms with Crippen LogP contribution in [0.4, 0.5) is 0 Å². The zero-order valence-electron chi connectivity index (χ0n) is 6.62. The maximum Gasteiger partial charge on any atom is 0.335 e. The van der Waals surface area contributed by atoms with E-state index in [1.54, 1.807) is 0 Å². The highest BCUT2D eigenvalue weighted by molar-refractivity contribution is 8.04. The Morgan fingerprint density at radius 2 is 1.93 bits per heavy atom. The maximum absolute atomic E-state index is 10.6. The molecular formula is C8H3Cl2NO2S. The summed E-state index contributed by atoms with van der Waals surface area (Å²) in [5.74, 6) is -1.11. The molecule has 1 rings (SSSR count). The third kappa shape index (κ3) is 2.32. The molecule has 0 aliphatic heterocycles. The van der Waals surface area contributed by atoms with Crippen LogP contribution in [-0.4, -0.2) is 11.1 Å². The van der Waals surface area contributed by atoms with E-state index in [-0.39, 0.29) is 15.6 Å². The van der Waals surface area contributed by atoms with Crippen LogP contribution in [0.25, 0.3) is 0 Å². The van der Waals surface area contributed by atoms with E-state index in [0.717, 1.165) is 11.8 Å². The second kappa shape index (κ2) is 4.56. The lowest BCUT2D eigenvalue weighted by Crippen LogP contribution is -1.96. The summed E-state index contributed by atoms with van der Waals surface area (Å²) in [6, 6.07) is 2.52. The van der Waals surface area contributed by atoms with Crippen molar-refractivity contribution in [1.29, 1.82) is 5.26 Å². The molecule has 3 nitrogen and oxygen atoms in total. The van der Waals surface area contributed by atoms with Crippen LogP contribution in [0.5, 0.6) is 0 Å². The second-order valence-electron chi connectivity index (χ2n) is 2.27. The molecule has 0 amide bonds. The summed E-state index contributed by atoms with van der Waals surface area (Å²) in [5.41, 5.74) is 0.00212. The van der Waals surface area contributed by atoms with Crippen molar-refractivity contribution in [2.24, 2.45) is 0 Å². The molecule has 6 heteroatoms. The van der Waals surface area contributed by atoms with Gasteiger partial charge in [-0.25, -0.2) is 4.79 Å². The molecule has 0 saturated carbocycles. The van der Waals surface area contributed by atoms with Gasteiger partial charge in [-0.15, -0.1) is 0 Å². The Bertz CT molecular complexity index is 405. The Morgan fingerprint density at radius 1 is 1.43 bits per heavy atom. The first-order valence-electron chi connectivity index (χ1n) is 3.34. The number of thiocyanates is 1. The van der Waals surface area contributed by atoms with E-state index in [2.05, 4.69) is 0 Å². The minimum Gasteiger partial charge on any atom is -0.478 e. The molecule has 72 valence electrons. The number of nitriles is 1. The average Bonchev–Trinajstić information content (AvgIpc) is 2.10.